The zero-order valence-electron chi connectivity index (χ0n) is 20.8. The number of aryl methyl sites for hydroxylation is 4. The van der Waals surface area contributed by atoms with Crippen LogP contribution in [0, 0.1) is 27.7 Å². The van der Waals surface area contributed by atoms with E-state index in [2.05, 4.69) is 28.8 Å². The van der Waals surface area contributed by atoms with Gasteiger partial charge in [0.1, 0.15) is 18.3 Å². The number of pyridine rings is 1. The Hall–Kier alpha value is -3.58. The predicted molar refractivity (Wildman–Crippen MR) is 137 cm³/mol. The highest BCUT2D eigenvalue weighted by atomic mass is 35.5. The Balaban J connectivity index is 1.75. The van der Waals surface area contributed by atoms with Gasteiger partial charge in [-0.1, -0.05) is 43.6 Å². The summed E-state index contributed by atoms with van der Waals surface area (Å²) in [5, 5.41) is -0.0756. The molecule has 0 spiro atoms. The molecule has 7 nitrogen and oxygen atoms in total. The Morgan fingerprint density at radius 1 is 1.00 bits per heavy atom. The molecule has 0 N–H and O–H groups in total. The van der Waals surface area contributed by atoms with Gasteiger partial charge in [0.2, 0.25) is 5.88 Å². The highest BCUT2D eigenvalue weighted by molar-refractivity contribution is 6.31. The molecule has 0 bridgehead atoms. The van der Waals surface area contributed by atoms with E-state index in [0.717, 1.165) is 39.6 Å². The van der Waals surface area contributed by atoms with Crippen molar-refractivity contribution in [1.82, 2.24) is 24.5 Å². The van der Waals surface area contributed by atoms with Crippen molar-refractivity contribution in [3.8, 4) is 22.8 Å². The molecule has 3 aromatic heterocycles. The second kappa shape index (κ2) is 9.96. The number of ether oxygens (including phenoxy) is 1. The maximum atomic E-state index is 13.4. The van der Waals surface area contributed by atoms with Gasteiger partial charge in [0.25, 0.3) is 5.56 Å². The van der Waals surface area contributed by atoms with Gasteiger partial charge in [-0.2, -0.15) is 4.98 Å². The van der Waals surface area contributed by atoms with E-state index in [-0.39, 0.29) is 23.4 Å². The minimum absolute atomic E-state index is 0.0756. The Morgan fingerprint density at radius 2 is 1.77 bits per heavy atom. The Morgan fingerprint density at radius 3 is 2.49 bits per heavy atom. The first-order chi connectivity index (χ1) is 16.7. The summed E-state index contributed by atoms with van der Waals surface area (Å²) in [7, 11) is 0. The van der Waals surface area contributed by atoms with Crippen LogP contribution in [0.25, 0.3) is 16.9 Å². The summed E-state index contributed by atoms with van der Waals surface area (Å²) >= 11 is 6.45. The fourth-order valence-electron chi connectivity index (χ4n) is 3.81. The van der Waals surface area contributed by atoms with E-state index < -0.39 is 5.56 Å². The summed E-state index contributed by atoms with van der Waals surface area (Å²) < 4.78 is 7.28. The average molecular weight is 490 g/mol. The molecule has 0 aliphatic carbocycles. The van der Waals surface area contributed by atoms with Crippen LogP contribution in [-0.4, -0.2) is 24.5 Å². The molecule has 3 heterocycles. The lowest BCUT2D eigenvalue weighted by Crippen LogP contribution is -2.24. The van der Waals surface area contributed by atoms with Crippen molar-refractivity contribution >= 4 is 11.6 Å². The molecular formula is C27H28ClN5O2. The van der Waals surface area contributed by atoms with Crippen molar-refractivity contribution in [3.63, 3.8) is 0 Å². The van der Waals surface area contributed by atoms with Crippen LogP contribution in [0.3, 0.4) is 0 Å². The smallest absolute Gasteiger partial charge is 0.280 e. The van der Waals surface area contributed by atoms with Gasteiger partial charge >= 0.3 is 0 Å². The summed E-state index contributed by atoms with van der Waals surface area (Å²) in [6.45, 7) is 11.9. The number of halogens is 1. The lowest BCUT2D eigenvalue weighted by molar-refractivity contribution is 0.287. The van der Waals surface area contributed by atoms with Crippen LogP contribution < -0.4 is 10.3 Å². The highest BCUT2D eigenvalue weighted by Crippen LogP contribution is 2.28. The fraction of sp³-hybridized carbons (Fsp3) is 0.296. The quantitative estimate of drug-likeness (QED) is 0.347. The minimum Gasteiger partial charge on any atom is -0.470 e. The molecule has 0 unspecified atom stereocenters. The largest absolute Gasteiger partial charge is 0.470 e. The number of nitrogens with zero attached hydrogens (tertiary/aromatic N) is 5. The van der Waals surface area contributed by atoms with E-state index in [1.165, 1.54) is 4.57 Å². The summed E-state index contributed by atoms with van der Waals surface area (Å²) in [6.07, 6.45) is 1.84. The summed E-state index contributed by atoms with van der Waals surface area (Å²) in [5.41, 5.74) is 5.49. The molecular weight excluding hydrogens is 462 g/mol. The van der Waals surface area contributed by atoms with Crippen LogP contribution in [0.15, 0.2) is 47.4 Å². The van der Waals surface area contributed by atoms with E-state index in [4.69, 9.17) is 21.3 Å². The van der Waals surface area contributed by atoms with Gasteiger partial charge in [0.05, 0.1) is 17.1 Å². The Kier molecular flexibility index (Phi) is 6.98. The van der Waals surface area contributed by atoms with Gasteiger partial charge in [-0.05, 0) is 57.0 Å². The maximum absolute atomic E-state index is 13.4. The van der Waals surface area contributed by atoms with E-state index >= 15 is 0 Å². The number of benzene rings is 1. The highest BCUT2D eigenvalue weighted by Gasteiger charge is 2.18. The van der Waals surface area contributed by atoms with Crippen molar-refractivity contribution in [2.75, 3.05) is 0 Å². The zero-order valence-corrected chi connectivity index (χ0v) is 21.5. The average Bonchev–Trinajstić information content (AvgIpc) is 2.82. The standard InChI is InChI=1S/C27H28ClN5O2/c1-15(2)25-29-13-17(4)24(32-25)20-11-10-16(3)22(12-20)33-19(6)31-26(23(28)27(33)34)35-14-21-9-7-8-18(5)30-21/h7-13,15H,14H2,1-6H3. The van der Waals surface area contributed by atoms with Gasteiger partial charge in [-0.3, -0.25) is 14.3 Å². The maximum Gasteiger partial charge on any atom is 0.280 e. The van der Waals surface area contributed by atoms with Crippen LogP contribution in [0.5, 0.6) is 5.88 Å². The SMILES string of the molecule is Cc1cccc(COc2nc(C)n(-c3cc(-c4nc(C(C)C)ncc4C)ccc3C)c(=O)c2Cl)n1. The monoisotopic (exact) mass is 489 g/mol. The van der Waals surface area contributed by atoms with Crippen LogP contribution in [-0.2, 0) is 6.61 Å². The van der Waals surface area contributed by atoms with Gasteiger partial charge in [-0.15, -0.1) is 0 Å². The topological polar surface area (TPSA) is 82.8 Å². The first-order valence-corrected chi connectivity index (χ1v) is 11.8. The first kappa shape index (κ1) is 24.5. The Bertz CT molecular complexity index is 1460. The van der Waals surface area contributed by atoms with Crippen molar-refractivity contribution < 1.29 is 4.74 Å². The molecule has 0 amide bonds. The van der Waals surface area contributed by atoms with Crippen LogP contribution in [0.2, 0.25) is 5.02 Å². The molecule has 0 saturated heterocycles. The summed E-state index contributed by atoms with van der Waals surface area (Å²) in [5.74, 6) is 1.54. The number of hydrogen-bond acceptors (Lipinski definition) is 6. The second-order valence-electron chi connectivity index (χ2n) is 8.89. The van der Waals surface area contributed by atoms with Gasteiger partial charge in [0, 0.05) is 23.4 Å². The molecule has 4 rings (SSSR count). The number of rotatable bonds is 6. The predicted octanol–water partition coefficient (Wildman–Crippen LogP) is 5.67. The second-order valence-corrected chi connectivity index (χ2v) is 9.27. The molecule has 35 heavy (non-hydrogen) atoms. The van der Waals surface area contributed by atoms with Crippen molar-refractivity contribution in [1.29, 1.82) is 0 Å². The van der Waals surface area contributed by atoms with Gasteiger partial charge in [0.15, 0.2) is 5.02 Å². The minimum atomic E-state index is -0.395. The third kappa shape index (κ3) is 5.10. The molecule has 0 aliphatic heterocycles. The molecule has 4 aromatic rings. The van der Waals surface area contributed by atoms with E-state index in [1.807, 2.05) is 63.4 Å². The van der Waals surface area contributed by atoms with Crippen LogP contribution in [0.1, 0.15) is 53.9 Å². The zero-order chi connectivity index (χ0) is 25.3. The third-order valence-electron chi connectivity index (χ3n) is 5.70. The van der Waals surface area contributed by atoms with Gasteiger partial charge < -0.3 is 4.74 Å². The number of aromatic nitrogens is 5. The van der Waals surface area contributed by atoms with Crippen molar-refractivity contribution in [3.05, 3.63) is 92.1 Å². The molecule has 0 radical (unpaired) electrons. The lowest BCUT2D eigenvalue weighted by atomic mass is 10.0. The van der Waals surface area contributed by atoms with E-state index in [1.54, 1.807) is 6.92 Å². The molecule has 180 valence electrons. The third-order valence-corrected chi connectivity index (χ3v) is 6.02. The normalized spacial score (nSPS) is 11.2. The van der Waals surface area contributed by atoms with Crippen molar-refractivity contribution in [2.45, 2.75) is 54.1 Å². The van der Waals surface area contributed by atoms with E-state index in [9.17, 15) is 4.79 Å². The van der Waals surface area contributed by atoms with Crippen molar-refractivity contribution in [2.24, 2.45) is 0 Å². The van der Waals surface area contributed by atoms with Gasteiger partial charge in [-0.25, -0.2) is 9.97 Å². The fourth-order valence-corrected chi connectivity index (χ4v) is 3.99. The Labute approximate surface area is 209 Å². The van der Waals surface area contributed by atoms with E-state index in [0.29, 0.717) is 11.5 Å². The lowest BCUT2D eigenvalue weighted by Gasteiger charge is -2.17. The molecule has 0 atom stereocenters. The summed E-state index contributed by atoms with van der Waals surface area (Å²) in [6, 6.07) is 11.6. The molecule has 0 saturated carbocycles. The molecule has 8 heteroatoms. The van der Waals surface area contributed by atoms with Crippen LogP contribution >= 0.6 is 11.6 Å². The number of hydrogen-bond donors (Lipinski definition) is 0. The first-order valence-electron chi connectivity index (χ1n) is 11.4. The molecule has 0 aliphatic rings. The summed E-state index contributed by atoms with van der Waals surface area (Å²) in [4.78, 5) is 31.5. The molecule has 0 fully saturated rings. The van der Waals surface area contributed by atoms with Crippen LogP contribution in [0.4, 0.5) is 0 Å². The molecule has 1 aromatic carbocycles.